The molecule has 0 atom stereocenters. The average molecular weight is 334 g/mol. The summed E-state index contributed by atoms with van der Waals surface area (Å²) in [5.41, 5.74) is 3.07. The molecule has 0 aliphatic carbocycles. The second-order valence-corrected chi connectivity index (χ2v) is 8.18. The second-order valence-electron chi connectivity index (χ2n) is 8.18. The molecule has 0 fully saturated rings. The molecule has 4 heteroatoms. The molecule has 0 amide bonds. The van der Waals surface area contributed by atoms with Gasteiger partial charge in [0, 0.05) is 23.3 Å². The van der Waals surface area contributed by atoms with Crippen LogP contribution in [-0.4, -0.2) is 30.0 Å². The number of methoxy groups -OCH3 is 1. The van der Waals surface area contributed by atoms with Gasteiger partial charge in [-0.2, -0.15) is 0 Å². The first-order valence-electron chi connectivity index (χ1n) is 9.01. The van der Waals surface area contributed by atoms with E-state index in [9.17, 15) is 5.11 Å². The van der Waals surface area contributed by atoms with E-state index in [1.54, 1.807) is 7.11 Å². The van der Waals surface area contributed by atoms with Crippen molar-refractivity contribution in [1.82, 2.24) is 0 Å². The molecule has 0 bridgehead atoms. The lowest BCUT2D eigenvalue weighted by molar-refractivity contribution is 0.0689. The quantitative estimate of drug-likeness (QED) is 0.909. The maximum Gasteiger partial charge on any atom is 0.133 e. The van der Waals surface area contributed by atoms with Crippen molar-refractivity contribution >= 4 is 0 Å². The normalized spacial score (nSPS) is 20.4. The maximum absolute atomic E-state index is 9.34. The largest absolute Gasteiger partial charge is 0.496 e. The summed E-state index contributed by atoms with van der Waals surface area (Å²) in [7, 11) is 1.74. The number of aliphatic hydroxyl groups excluding tert-OH is 1. The minimum Gasteiger partial charge on any atom is -0.496 e. The summed E-state index contributed by atoms with van der Waals surface area (Å²) < 4.78 is 18.6. The van der Waals surface area contributed by atoms with Crippen LogP contribution in [0.5, 0.6) is 17.2 Å². The van der Waals surface area contributed by atoms with Crippen LogP contribution in [0, 0.1) is 0 Å². The second kappa shape index (κ2) is 6.14. The number of aliphatic hydroxyl groups is 1. The lowest BCUT2D eigenvalue weighted by Crippen LogP contribution is -2.36. The molecule has 1 N–H and O–H groups in total. The minimum absolute atomic E-state index is 0.169. The first kappa shape index (κ1) is 17.4. The summed E-state index contributed by atoms with van der Waals surface area (Å²) in [5, 5.41) is 9.34. The molecular weight excluding hydrogens is 304 g/mol. The van der Waals surface area contributed by atoms with Crippen molar-refractivity contribution in [2.45, 2.75) is 77.4 Å². The molecule has 2 aliphatic rings. The molecule has 0 spiro atoms. The average Bonchev–Trinajstić information content (AvgIpc) is 2.50. The summed E-state index contributed by atoms with van der Waals surface area (Å²) in [4.78, 5) is 0. The number of benzene rings is 1. The highest BCUT2D eigenvalue weighted by molar-refractivity contribution is 5.64. The van der Waals surface area contributed by atoms with E-state index in [4.69, 9.17) is 14.2 Å². The fraction of sp³-hybridized carbons (Fsp3) is 0.700. The molecule has 1 aromatic carbocycles. The first-order valence-corrected chi connectivity index (χ1v) is 9.01. The predicted molar refractivity (Wildman–Crippen MR) is 94.5 cm³/mol. The topological polar surface area (TPSA) is 47.9 Å². The van der Waals surface area contributed by atoms with Crippen LogP contribution in [-0.2, 0) is 19.3 Å². The van der Waals surface area contributed by atoms with Crippen LogP contribution in [0.2, 0.25) is 0 Å². The van der Waals surface area contributed by atoms with E-state index in [1.165, 1.54) is 11.1 Å². The Morgan fingerprint density at radius 2 is 1.46 bits per heavy atom. The number of hydrogen-bond donors (Lipinski definition) is 1. The van der Waals surface area contributed by atoms with Gasteiger partial charge in [0.05, 0.1) is 7.11 Å². The van der Waals surface area contributed by atoms with Crippen LogP contribution >= 0.6 is 0 Å². The fourth-order valence-electron chi connectivity index (χ4n) is 3.79. The van der Waals surface area contributed by atoms with E-state index in [-0.39, 0.29) is 17.8 Å². The van der Waals surface area contributed by atoms with Gasteiger partial charge in [0.25, 0.3) is 0 Å². The lowest BCUT2D eigenvalue weighted by Gasteiger charge is -2.40. The standard InChI is InChI=1S/C20H30O4/c1-19(2)10-8-14-16(22-5)15-9-11-20(3,4)24-18(15)13(7-6-12-21)17(14)23-19/h21H,6-12H2,1-5H3. The Kier molecular flexibility index (Phi) is 4.45. The Bertz CT molecular complexity index is 584. The van der Waals surface area contributed by atoms with Gasteiger partial charge in [-0.3, -0.25) is 0 Å². The van der Waals surface area contributed by atoms with E-state index in [1.807, 2.05) is 0 Å². The van der Waals surface area contributed by atoms with Crippen molar-refractivity contribution in [2.24, 2.45) is 0 Å². The Morgan fingerprint density at radius 3 is 1.88 bits per heavy atom. The highest BCUT2D eigenvalue weighted by atomic mass is 16.5. The smallest absolute Gasteiger partial charge is 0.133 e. The van der Waals surface area contributed by atoms with E-state index >= 15 is 0 Å². The summed E-state index contributed by atoms with van der Waals surface area (Å²) in [6, 6.07) is 0. The van der Waals surface area contributed by atoms with Crippen molar-refractivity contribution in [2.75, 3.05) is 13.7 Å². The molecule has 0 aromatic heterocycles. The lowest BCUT2D eigenvalue weighted by atomic mass is 9.85. The van der Waals surface area contributed by atoms with Gasteiger partial charge in [0.2, 0.25) is 0 Å². The monoisotopic (exact) mass is 334 g/mol. The zero-order valence-electron chi connectivity index (χ0n) is 15.6. The Labute approximate surface area is 145 Å². The summed E-state index contributed by atoms with van der Waals surface area (Å²) in [6.07, 6.45) is 5.32. The van der Waals surface area contributed by atoms with E-state index < -0.39 is 0 Å². The zero-order chi connectivity index (χ0) is 17.5. The van der Waals surface area contributed by atoms with E-state index in [0.29, 0.717) is 6.42 Å². The van der Waals surface area contributed by atoms with Crippen LogP contribution in [0.4, 0.5) is 0 Å². The van der Waals surface area contributed by atoms with Gasteiger partial charge in [-0.1, -0.05) is 0 Å². The van der Waals surface area contributed by atoms with Gasteiger partial charge in [0.1, 0.15) is 28.5 Å². The Balaban J connectivity index is 2.20. The number of fused-ring (bicyclic) bond motifs is 2. The van der Waals surface area contributed by atoms with Crippen LogP contribution < -0.4 is 14.2 Å². The minimum atomic E-state index is -0.190. The SMILES string of the molecule is COc1c2c(c(CCCO)c3c1CCC(C)(C)O3)OC(C)(C)CC2. The summed E-state index contributed by atoms with van der Waals surface area (Å²) in [5.74, 6) is 2.79. The maximum atomic E-state index is 9.34. The number of ether oxygens (including phenoxy) is 3. The molecule has 134 valence electrons. The molecule has 0 saturated heterocycles. The van der Waals surface area contributed by atoms with Crippen LogP contribution in [0.3, 0.4) is 0 Å². The zero-order valence-corrected chi connectivity index (χ0v) is 15.6. The third-order valence-corrected chi connectivity index (χ3v) is 5.14. The molecule has 3 rings (SSSR count). The van der Waals surface area contributed by atoms with Crippen LogP contribution in [0.15, 0.2) is 0 Å². The van der Waals surface area contributed by atoms with Gasteiger partial charge in [0.15, 0.2) is 0 Å². The van der Waals surface area contributed by atoms with Gasteiger partial charge < -0.3 is 19.3 Å². The van der Waals surface area contributed by atoms with Crippen molar-refractivity contribution in [3.8, 4) is 17.2 Å². The number of rotatable bonds is 4. The predicted octanol–water partition coefficient (Wildman–Crippen LogP) is 3.83. The molecule has 24 heavy (non-hydrogen) atoms. The van der Waals surface area contributed by atoms with Gasteiger partial charge >= 0.3 is 0 Å². The van der Waals surface area contributed by atoms with Crippen molar-refractivity contribution < 1.29 is 19.3 Å². The molecule has 4 nitrogen and oxygen atoms in total. The molecule has 2 aliphatic heterocycles. The highest BCUT2D eigenvalue weighted by Gasteiger charge is 2.38. The summed E-state index contributed by atoms with van der Waals surface area (Å²) in [6.45, 7) is 8.68. The van der Waals surface area contributed by atoms with Gasteiger partial charge in [-0.15, -0.1) is 0 Å². The van der Waals surface area contributed by atoms with Crippen LogP contribution in [0.1, 0.15) is 63.6 Å². The van der Waals surface area contributed by atoms with Gasteiger partial charge in [-0.05, 0) is 66.2 Å². The molecule has 0 saturated carbocycles. The fourth-order valence-corrected chi connectivity index (χ4v) is 3.79. The Morgan fingerprint density at radius 1 is 0.958 bits per heavy atom. The Hall–Kier alpha value is -1.42. The number of hydrogen-bond acceptors (Lipinski definition) is 4. The van der Waals surface area contributed by atoms with Crippen LogP contribution in [0.25, 0.3) is 0 Å². The van der Waals surface area contributed by atoms with Crippen molar-refractivity contribution in [3.63, 3.8) is 0 Å². The molecule has 0 radical (unpaired) electrons. The molecule has 2 heterocycles. The van der Waals surface area contributed by atoms with E-state index in [0.717, 1.165) is 54.9 Å². The summed E-state index contributed by atoms with van der Waals surface area (Å²) >= 11 is 0. The molecule has 0 unspecified atom stereocenters. The van der Waals surface area contributed by atoms with Gasteiger partial charge in [-0.25, -0.2) is 0 Å². The van der Waals surface area contributed by atoms with Crippen molar-refractivity contribution in [3.05, 3.63) is 16.7 Å². The third kappa shape index (κ3) is 3.08. The highest BCUT2D eigenvalue weighted by Crippen LogP contribution is 2.51. The molecular formula is C20H30O4. The van der Waals surface area contributed by atoms with E-state index in [2.05, 4.69) is 27.7 Å². The molecule has 1 aromatic rings. The van der Waals surface area contributed by atoms with Crippen molar-refractivity contribution in [1.29, 1.82) is 0 Å². The first-order chi connectivity index (χ1) is 11.3. The third-order valence-electron chi connectivity index (χ3n) is 5.14.